The number of rotatable bonds is 4. The Bertz CT molecular complexity index is 680. The second-order valence-electron chi connectivity index (χ2n) is 5.72. The number of aromatic amines is 1. The number of amides is 1. The Labute approximate surface area is 122 Å². The van der Waals surface area contributed by atoms with Gasteiger partial charge in [-0.05, 0) is 37.0 Å². The number of H-pyrrole nitrogens is 1. The van der Waals surface area contributed by atoms with E-state index in [1.54, 1.807) is 6.07 Å². The summed E-state index contributed by atoms with van der Waals surface area (Å²) in [6.45, 7) is 0.628. The van der Waals surface area contributed by atoms with Crippen LogP contribution < -0.4 is 11.1 Å². The van der Waals surface area contributed by atoms with E-state index < -0.39 is 5.76 Å². The minimum Gasteiger partial charge on any atom is -0.408 e. The highest BCUT2D eigenvalue weighted by molar-refractivity contribution is 5.78. The number of benzene rings is 1. The van der Waals surface area contributed by atoms with Crippen LogP contribution in [0.25, 0.3) is 11.1 Å². The van der Waals surface area contributed by atoms with Crippen LogP contribution >= 0.6 is 0 Å². The number of aromatic nitrogens is 1. The Hall–Kier alpha value is -2.04. The van der Waals surface area contributed by atoms with Crippen molar-refractivity contribution in [2.24, 2.45) is 5.92 Å². The zero-order chi connectivity index (χ0) is 14.7. The summed E-state index contributed by atoms with van der Waals surface area (Å²) in [6.07, 6.45) is 6.39. The lowest BCUT2D eigenvalue weighted by Gasteiger charge is -2.20. The van der Waals surface area contributed by atoms with Crippen LogP contribution in [0.5, 0.6) is 0 Å². The van der Waals surface area contributed by atoms with Crippen LogP contribution in [0.2, 0.25) is 0 Å². The van der Waals surface area contributed by atoms with E-state index in [2.05, 4.69) is 10.3 Å². The molecule has 2 aromatic rings. The van der Waals surface area contributed by atoms with Crippen molar-refractivity contribution in [3.63, 3.8) is 0 Å². The Morgan fingerprint density at radius 3 is 2.90 bits per heavy atom. The first-order valence-corrected chi connectivity index (χ1v) is 7.62. The summed E-state index contributed by atoms with van der Waals surface area (Å²) in [7, 11) is 0. The van der Waals surface area contributed by atoms with Gasteiger partial charge in [-0.1, -0.05) is 25.3 Å². The van der Waals surface area contributed by atoms with Gasteiger partial charge in [0.1, 0.15) is 0 Å². The monoisotopic (exact) mass is 288 g/mol. The molecule has 1 amide bonds. The molecule has 0 saturated heterocycles. The van der Waals surface area contributed by atoms with Gasteiger partial charge in [-0.15, -0.1) is 0 Å². The highest BCUT2D eigenvalue weighted by atomic mass is 16.4. The zero-order valence-corrected chi connectivity index (χ0v) is 12.0. The summed E-state index contributed by atoms with van der Waals surface area (Å²) in [5.41, 5.74) is 2.34. The largest absolute Gasteiger partial charge is 0.417 e. The van der Waals surface area contributed by atoms with E-state index in [4.69, 9.17) is 4.42 Å². The van der Waals surface area contributed by atoms with E-state index in [0.29, 0.717) is 17.6 Å². The molecular weight excluding hydrogens is 268 g/mol. The molecule has 1 heterocycles. The minimum absolute atomic E-state index is 0.187. The molecule has 2 N–H and O–H groups in total. The summed E-state index contributed by atoms with van der Waals surface area (Å²) in [4.78, 5) is 25.8. The number of nitrogens with one attached hydrogen (secondary N) is 2. The fraction of sp³-hybridized carbons (Fsp3) is 0.500. The first-order valence-electron chi connectivity index (χ1n) is 7.62. The van der Waals surface area contributed by atoms with Crippen LogP contribution in [0.15, 0.2) is 27.4 Å². The number of hydrogen-bond donors (Lipinski definition) is 2. The smallest absolute Gasteiger partial charge is 0.408 e. The lowest BCUT2D eigenvalue weighted by atomic mass is 9.88. The van der Waals surface area contributed by atoms with Gasteiger partial charge in [-0.25, -0.2) is 4.79 Å². The minimum atomic E-state index is -0.437. The first-order chi connectivity index (χ1) is 10.2. The topological polar surface area (TPSA) is 75.1 Å². The Kier molecular flexibility index (Phi) is 4.08. The molecule has 1 aliphatic carbocycles. The first kappa shape index (κ1) is 13.9. The summed E-state index contributed by atoms with van der Waals surface area (Å²) >= 11 is 0. The molecule has 0 bridgehead atoms. The van der Waals surface area contributed by atoms with E-state index in [1.807, 2.05) is 12.1 Å². The summed E-state index contributed by atoms with van der Waals surface area (Å²) < 4.78 is 4.96. The molecule has 5 heteroatoms. The maximum Gasteiger partial charge on any atom is 0.417 e. The maximum absolute atomic E-state index is 12.0. The molecule has 0 spiro atoms. The highest BCUT2D eigenvalue weighted by Gasteiger charge is 2.20. The molecule has 3 rings (SSSR count). The van der Waals surface area contributed by atoms with E-state index in [0.717, 1.165) is 24.8 Å². The zero-order valence-electron chi connectivity index (χ0n) is 12.0. The van der Waals surface area contributed by atoms with Crippen LogP contribution in [-0.2, 0) is 11.2 Å². The van der Waals surface area contributed by atoms with Gasteiger partial charge in [0.2, 0.25) is 5.91 Å². The lowest BCUT2D eigenvalue weighted by molar-refractivity contribution is -0.125. The number of carbonyl (C=O) groups is 1. The lowest BCUT2D eigenvalue weighted by Crippen LogP contribution is -2.33. The van der Waals surface area contributed by atoms with Gasteiger partial charge in [-0.3, -0.25) is 9.78 Å². The molecule has 0 unspecified atom stereocenters. The van der Waals surface area contributed by atoms with E-state index in [1.165, 1.54) is 19.3 Å². The fourth-order valence-electron chi connectivity index (χ4n) is 2.99. The number of fused-ring (bicyclic) bond motifs is 1. The maximum atomic E-state index is 12.0. The van der Waals surface area contributed by atoms with Gasteiger partial charge in [0.15, 0.2) is 5.58 Å². The van der Waals surface area contributed by atoms with Gasteiger partial charge in [0.25, 0.3) is 0 Å². The third-order valence-electron chi connectivity index (χ3n) is 4.17. The number of carbonyl (C=O) groups excluding carboxylic acids is 1. The molecule has 0 radical (unpaired) electrons. The van der Waals surface area contributed by atoms with E-state index in [9.17, 15) is 9.59 Å². The average Bonchev–Trinajstić information content (AvgIpc) is 2.87. The Balaban J connectivity index is 1.53. The molecular formula is C16H20N2O3. The normalized spacial score (nSPS) is 16.2. The third-order valence-corrected chi connectivity index (χ3v) is 4.17. The van der Waals surface area contributed by atoms with Gasteiger partial charge >= 0.3 is 5.76 Å². The Morgan fingerprint density at radius 2 is 2.10 bits per heavy atom. The van der Waals surface area contributed by atoms with Crippen molar-refractivity contribution in [1.82, 2.24) is 10.3 Å². The molecule has 1 fully saturated rings. The Morgan fingerprint density at radius 1 is 1.29 bits per heavy atom. The van der Waals surface area contributed by atoms with Crippen molar-refractivity contribution in [2.75, 3.05) is 6.54 Å². The molecule has 21 heavy (non-hydrogen) atoms. The molecule has 1 saturated carbocycles. The molecule has 0 aliphatic heterocycles. The number of hydrogen-bond acceptors (Lipinski definition) is 3. The molecule has 112 valence electrons. The molecule has 1 aliphatic rings. The number of oxazole rings is 1. The predicted molar refractivity (Wildman–Crippen MR) is 80.1 cm³/mol. The van der Waals surface area contributed by atoms with Crippen molar-refractivity contribution < 1.29 is 9.21 Å². The van der Waals surface area contributed by atoms with E-state index in [-0.39, 0.29) is 11.8 Å². The van der Waals surface area contributed by atoms with Gasteiger partial charge in [-0.2, -0.15) is 0 Å². The van der Waals surface area contributed by atoms with Crippen molar-refractivity contribution in [3.8, 4) is 0 Å². The van der Waals surface area contributed by atoms with Crippen LogP contribution in [-0.4, -0.2) is 17.4 Å². The third kappa shape index (κ3) is 3.35. The fourth-order valence-corrected chi connectivity index (χ4v) is 2.99. The summed E-state index contributed by atoms with van der Waals surface area (Å²) in [5.74, 6) is -0.0493. The standard InChI is InChI=1S/C16H20N2O3/c19-15(12-4-2-1-3-5-12)17-9-8-11-6-7-14-13(10-11)18-16(20)21-14/h6-7,10,12H,1-5,8-9H2,(H,17,19)(H,18,20). The van der Waals surface area contributed by atoms with Crippen LogP contribution in [0.4, 0.5) is 0 Å². The molecule has 5 nitrogen and oxygen atoms in total. The summed E-state index contributed by atoms with van der Waals surface area (Å²) in [5, 5.41) is 3.02. The second-order valence-corrected chi connectivity index (χ2v) is 5.72. The average molecular weight is 288 g/mol. The van der Waals surface area contributed by atoms with Gasteiger partial charge in [0.05, 0.1) is 5.52 Å². The predicted octanol–water partition coefficient (Wildman–Crippen LogP) is 2.36. The van der Waals surface area contributed by atoms with Crippen molar-refractivity contribution in [1.29, 1.82) is 0 Å². The molecule has 0 atom stereocenters. The van der Waals surface area contributed by atoms with Gasteiger partial charge in [0, 0.05) is 12.5 Å². The van der Waals surface area contributed by atoms with Crippen molar-refractivity contribution in [3.05, 3.63) is 34.3 Å². The van der Waals surface area contributed by atoms with E-state index >= 15 is 0 Å². The van der Waals surface area contributed by atoms with Crippen molar-refractivity contribution in [2.45, 2.75) is 38.5 Å². The van der Waals surface area contributed by atoms with Gasteiger partial charge < -0.3 is 9.73 Å². The van der Waals surface area contributed by atoms with Crippen LogP contribution in [0.3, 0.4) is 0 Å². The SMILES string of the molecule is O=C(NCCc1ccc2oc(=O)[nH]c2c1)C1CCCCC1. The van der Waals surface area contributed by atoms with Crippen molar-refractivity contribution >= 4 is 17.0 Å². The molecule has 1 aromatic heterocycles. The molecule has 1 aromatic carbocycles. The second kappa shape index (κ2) is 6.16. The van der Waals surface area contributed by atoms with Crippen LogP contribution in [0, 0.1) is 5.92 Å². The highest BCUT2D eigenvalue weighted by Crippen LogP contribution is 2.23. The quantitative estimate of drug-likeness (QED) is 0.907. The summed E-state index contributed by atoms with van der Waals surface area (Å²) in [6, 6.07) is 5.60. The van der Waals surface area contributed by atoms with Crippen LogP contribution in [0.1, 0.15) is 37.7 Å².